The Hall–Kier alpha value is -2.30. The van der Waals surface area contributed by atoms with Gasteiger partial charge in [-0.1, -0.05) is 0 Å². The molecule has 136 valence electrons. The van der Waals surface area contributed by atoms with E-state index >= 15 is 0 Å². The van der Waals surface area contributed by atoms with E-state index in [2.05, 4.69) is 10.7 Å². The van der Waals surface area contributed by atoms with E-state index in [1.807, 2.05) is 0 Å². The van der Waals surface area contributed by atoms with Crippen LogP contribution in [0, 0.1) is 5.41 Å². The number of ether oxygens (including phenoxy) is 1. The number of nitrogens with one attached hydrogen (secondary N) is 3. The average molecular weight is 353 g/mol. The highest BCUT2D eigenvalue weighted by atomic mass is 19.2. The molecule has 1 heterocycles. The van der Waals surface area contributed by atoms with Crippen molar-refractivity contribution in [1.29, 1.82) is 5.41 Å². The first-order valence-corrected chi connectivity index (χ1v) is 7.14. The van der Waals surface area contributed by atoms with E-state index in [1.165, 1.54) is 6.92 Å². The van der Waals surface area contributed by atoms with Crippen molar-refractivity contribution in [3.8, 4) is 0 Å². The van der Waals surface area contributed by atoms with Crippen LogP contribution >= 0.6 is 0 Å². The Morgan fingerprint density at radius 2 is 2.17 bits per heavy atom. The van der Waals surface area contributed by atoms with Crippen molar-refractivity contribution in [3.05, 3.63) is 23.7 Å². The van der Waals surface area contributed by atoms with Crippen LogP contribution in [-0.4, -0.2) is 42.4 Å². The third kappa shape index (κ3) is 5.41. The zero-order valence-electron chi connectivity index (χ0n) is 12.9. The fourth-order valence-electron chi connectivity index (χ4n) is 1.88. The first-order valence-electron chi connectivity index (χ1n) is 7.14. The van der Waals surface area contributed by atoms with Gasteiger partial charge < -0.3 is 15.8 Å². The summed E-state index contributed by atoms with van der Waals surface area (Å²) in [6.45, 7) is 1.77. The SMILES string of the molecule is CCOC(=O)C(CCCNC(=N)N)NN1C(F)=C(F)C=C(F)C1F. The number of rotatable bonds is 8. The molecule has 1 rings (SSSR count). The van der Waals surface area contributed by atoms with Gasteiger partial charge in [-0.15, -0.1) is 0 Å². The normalized spacial score (nSPS) is 19.0. The molecule has 2 atom stereocenters. The van der Waals surface area contributed by atoms with E-state index in [4.69, 9.17) is 15.9 Å². The van der Waals surface area contributed by atoms with Gasteiger partial charge in [0.25, 0.3) is 0 Å². The molecule has 0 saturated carbocycles. The molecule has 0 aliphatic carbocycles. The number of guanidine groups is 1. The molecule has 0 radical (unpaired) electrons. The van der Waals surface area contributed by atoms with Gasteiger partial charge in [0.15, 0.2) is 17.6 Å². The standard InChI is InChI=1S/C13H19F4N5O2/c1-2-24-12(23)9(4-3-5-20-13(18)19)21-22-10(16)7(14)6-8(15)11(22)17/h6,9-10,21H,2-5H2,1H3,(H4,18,19,20). The summed E-state index contributed by atoms with van der Waals surface area (Å²) < 4.78 is 58.7. The van der Waals surface area contributed by atoms with Gasteiger partial charge in [-0.2, -0.15) is 4.39 Å². The Balaban J connectivity index is 2.78. The van der Waals surface area contributed by atoms with Crippen LogP contribution in [0.3, 0.4) is 0 Å². The molecule has 2 unspecified atom stereocenters. The Kier molecular flexibility index (Phi) is 7.49. The fourth-order valence-corrected chi connectivity index (χ4v) is 1.88. The summed E-state index contributed by atoms with van der Waals surface area (Å²) in [5.74, 6) is -5.94. The lowest BCUT2D eigenvalue weighted by atomic mass is 10.1. The van der Waals surface area contributed by atoms with Crippen molar-refractivity contribution in [3.63, 3.8) is 0 Å². The lowest BCUT2D eigenvalue weighted by Crippen LogP contribution is -2.52. The number of hydrogen-bond donors (Lipinski definition) is 4. The van der Waals surface area contributed by atoms with Gasteiger partial charge in [-0.05, 0) is 19.8 Å². The summed E-state index contributed by atoms with van der Waals surface area (Å²) in [6, 6.07) is -1.25. The summed E-state index contributed by atoms with van der Waals surface area (Å²) >= 11 is 0. The van der Waals surface area contributed by atoms with Gasteiger partial charge in [0.05, 0.1) is 6.61 Å². The molecule has 1 aliphatic rings. The molecule has 1 aliphatic heterocycles. The predicted octanol–water partition coefficient (Wildman–Crippen LogP) is 1.26. The van der Waals surface area contributed by atoms with Crippen LogP contribution in [-0.2, 0) is 9.53 Å². The molecular weight excluding hydrogens is 334 g/mol. The van der Waals surface area contributed by atoms with Crippen LogP contribution in [0.5, 0.6) is 0 Å². The van der Waals surface area contributed by atoms with Crippen molar-refractivity contribution in [2.75, 3.05) is 13.2 Å². The topological polar surface area (TPSA) is 103 Å². The summed E-state index contributed by atoms with van der Waals surface area (Å²) in [5, 5.41) is 9.44. The lowest BCUT2D eigenvalue weighted by Gasteiger charge is -2.31. The van der Waals surface area contributed by atoms with Crippen LogP contribution in [0.15, 0.2) is 23.7 Å². The molecule has 0 spiro atoms. The molecule has 7 nitrogen and oxygen atoms in total. The molecule has 24 heavy (non-hydrogen) atoms. The number of halogens is 4. The molecule has 11 heteroatoms. The lowest BCUT2D eigenvalue weighted by molar-refractivity contribution is -0.148. The van der Waals surface area contributed by atoms with E-state index in [1.54, 1.807) is 0 Å². The number of esters is 1. The van der Waals surface area contributed by atoms with E-state index < -0.39 is 35.9 Å². The van der Waals surface area contributed by atoms with Crippen molar-refractivity contribution in [2.45, 2.75) is 32.1 Å². The van der Waals surface area contributed by atoms with Gasteiger partial charge in [-0.3, -0.25) is 10.2 Å². The second-order valence-electron chi connectivity index (χ2n) is 4.79. The van der Waals surface area contributed by atoms with Gasteiger partial charge >= 0.3 is 5.97 Å². The van der Waals surface area contributed by atoms with Crippen LogP contribution in [0.2, 0.25) is 0 Å². The monoisotopic (exact) mass is 353 g/mol. The zero-order valence-corrected chi connectivity index (χ0v) is 12.9. The fraction of sp³-hybridized carbons (Fsp3) is 0.538. The molecule has 0 bridgehead atoms. The highest BCUT2D eigenvalue weighted by Gasteiger charge is 2.35. The summed E-state index contributed by atoms with van der Waals surface area (Å²) in [4.78, 5) is 11.9. The van der Waals surface area contributed by atoms with Crippen LogP contribution in [0.1, 0.15) is 19.8 Å². The smallest absolute Gasteiger partial charge is 0.324 e. The third-order valence-corrected chi connectivity index (χ3v) is 2.98. The molecule has 0 aromatic heterocycles. The van der Waals surface area contributed by atoms with E-state index in [9.17, 15) is 22.4 Å². The predicted molar refractivity (Wildman–Crippen MR) is 77.9 cm³/mol. The highest BCUT2D eigenvalue weighted by molar-refractivity contribution is 5.76. The number of hydrogen-bond acceptors (Lipinski definition) is 5. The second kappa shape index (κ2) is 9.11. The van der Waals surface area contributed by atoms with E-state index in [0.29, 0.717) is 0 Å². The zero-order chi connectivity index (χ0) is 18.3. The number of allylic oxidation sites excluding steroid dienone is 2. The van der Waals surface area contributed by atoms with E-state index in [0.717, 1.165) is 0 Å². The number of alkyl halides is 1. The van der Waals surface area contributed by atoms with Crippen molar-refractivity contribution >= 4 is 11.9 Å². The maximum Gasteiger partial charge on any atom is 0.324 e. The van der Waals surface area contributed by atoms with Gasteiger partial charge in [-0.25, -0.2) is 23.6 Å². The van der Waals surface area contributed by atoms with Gasteiger partial charge in [0.1, 0.15) is 6.04 Å². The highest BCUT2D eigenvalue weighted by Crippen LogP contribution is 2.28. The minimum atomic E-state index is -2.61. The van der Waals surface area contributed by atoms with E-state index in [-0.39, 0.29) is 43.0 Å². The number of hydrazine groups is 1. The van der Waals surface area contributed by atoms with Gasteiger partial charge in [0, 0.05) is 12.6 Å². The third-order valence-electron chi connectivity index (χ3n) is 2.98. The Morgan fingerprint density at radius 3 is 2.75 bits per heavy atom. The first kappa shape index (κ1) is 19.7. The molecule has 0 aromatic carbocycles. The number of nitrogens with zero attached hydrogens (tertiary/aromatic N) is 1. The molecular formula is C13H19F4N5O2. The molecule has 0 fully saturated rings. The van der Waals surface area contributed by atoms with Crippen LogP contribution in [0.25, 0.3) is 0 Å². The second-order valence-corrected chi connectivity index (χ2v) is 4.79. The largest absolute Gasteiger partial charge is 0.465 e. The molecule has 5 N–H and O–H groups in total. The maximum absolute atomic E-state index is 13.7. The number of carbonyl (C=O) groups excluding carboxylic acids is 1. The molecule has 0 aromatic rings. The Bertz CT molecular complexity index is 540. The average Bonchev–Trinajstić information content (AvgIpc) is 2.51. The number of carbonyl (C=O) groups is 1. The van der Waals surface area contributed by atoms with Crippen LogP contribution < -0.4 is 16.5 Å². The summed E-state index contributed by atoms with van der Waals surface area (Å²) in [6.07, 6.45) is -2.24. The minimum Gasteiger partial charge on any atom is -0.465 e. The quantitative estimate of drug-likeness (QED) is 0.131. The Labute approximate surface area is 136 Å². The first-order chi connectivity index (χ1) is 11.3. The maximum atomic E-state index is 13.7. The minimum absolute atomic E-state index is 0.0164. The van der Waals surface area contributed by atoms with Gasteiger partial charge in [0.2, 0.25) is 12.2 Å². The van der Waals surface area contributed by atoms with Crippen LogP contribution in [0.4, 0.5) is 17.6 Å². The van der Waals surface area contributed by atoms with Crippen molar-refractivity contribution in [2.24, 2.45) is 5.73 Å². The van der Waals surface area contributed by atoms with Crippen molar-refractivity contribution < 1.29 is 27.1 Å². The molecule has 0 amide bonds. The number of nitrogens with two attached hydrogens (primary N) is 1. The summed E-state index contributed by atoms with van der Waals surface area (Å²) in [5.41, 5.74) is 7.20. The van der Waals surface area contributed by atoms with Crippen molar-refractivity contribution in [1.82, 2.24) is 15.8 Å². The Morgan fingerprint density at radius 1 is 1.50 bits per heavy atom. The summed E-state index contributed by atoms with van der Waals surface area (Å²) in [7, 11) is 0. The molecule has 0 saturated heterocycles.